The summed E-state index contributed by atoms with van der Waals surface area (Å²) >= 11 is 0. The quantitative estimate of drug-likeness (QED) is 0.821. The number of nitrogens with one attached hydrogen (secondary N) is 2. The third-order valence-electron chi connectivity index (χ3n) is 3.27. The second-order valence-corrected chi connectivity index (χ2v) is 5.03. The lowest BCUT2D eigenvalue weighted by Crippen LogP contribution is -2.40. The van der Waals surface area contributed by atoms with Crippen molar-refractivity contribution in [3.05, 3.63) is 42.5 Å². The van der Waals surface area contributed by atoms with Gasteiger partial charge in [-0.3, -0.25) is 4.79 Å². The van der Waals surface area contributed by atoms with E-state index in [2.05, 4.69) is 10.6 Å². The lowest BCUT2D eigenvalue weighted by Gasteiger charge is -2.14. The van der Waals surface area contributed by atoms with Gasteiger partial charge >= 0.3 is 0 Å². The molecule has 0 heterocycles. The van der Waals surface area contributed by atoms with E-state index in [0.29, 0.717) is 6.54 Å². The van der Waals surface area contributed by atoms with Crippen LogP contribution in [0.4, 0.5) is 0 Å². The molecule has 0 aliphatic carbocycles. The monoisotopic (exact) mass is 286 g/mol. The zero-order chi connectivity index (χ0) is 15.1. The third-order valence-corrected chi connectivity index (χ3v) is 3.27. The number of carbonyl (C=O) groups is 1. The van der Waals surface area contributed by atoms with Crippen molar-refractivity contribution in [3.63, 3.8) is 0 Å². The van der Waals surface area contributed by atoms with Gasteiger partial charge in [0.15, 0.2) is 6.61 Å². The van der Waals surface area contributed by atoms with Crippen LogP contribution in [0.1, 0.15) is 13.8 Å². The number of likely N-dealkylation sites (N-methyl/N-ethyl adjacent to an activating group) is 1. The molecular formula is C17H22N2O2. The molecule has 2 N–H and O–H groups in total. The summed E-state index contributed by atoms with van der Waals surface area (Å²) in [4.78, 5) is 11.8. The Morgan fingerprint density at radius 1 is 1.19 bits per heavy atom. The standard InChI is InChI=1S/C17H22N2O2/c1-3-18-13(2)11-19-17(20)12-21-16-10-6-8-14-7-4-5-9-15(14)16/h4-10,13,18H,3,11-12H2,1-2H3,(H,19,20)/t13-/m1/s1. The molecule has 0 aliphatic heterocycles. The second kappa shape index (κ2) is 7.64. The van der Waals surface area contributed by atoms with Gasteiger partial charge in [0, 0.05) is 18.0 Å². The normalized spacial score (nSPS) is 12.1. The Balaban J connectivity index is 1.88. The van der Waals surface area contributed by atoms with Gasteiger partial charge in [-0.15, -0.1) is 0 Å². The number of hydrogen-bond donors (Lipinski definition) is 2. The first-order valence-corrected chi connectivity index (χ1v) is 7.31. The van der Waals surface area contributed by atoms with E-state index < -0.39 is 0 Å². The minimum Gasteiger partial charge on any atom is -0.483 e. The Bertz CT molecular complexity index is 593. The first-order chi connectivity index (χ1) is 10.2. The van der Waals surface area contributed by atoms with Crippen molar-refractivity contribution in [2.45, 2.75) is 19.9 Å². The molecule has 0 unspecified atom stereocenters. The van der Waals surface area contributed by atoms with Gasteiger partial charge in [-0.25, -0.2) is 0 Å². The molecule has 1 atom stereocenters. The average Bonchev–Trinajstić information content (AvgIpc) is 2.51. The first-order valence-electron chi connectivity index (χ1n) is 7.31. The number of carbonyl (C=O) groups excluding carboxylic acids is 1. The number of rotatable bonds is 7. The summed E-state index contributed by atoms with van der Waals surface area (Å²) in [5.74, 6) is 0.635. The Morgan fingerprint density at radius 3 is 2.76 bits per heavy atom. The molecule has 2 aromatic carbocycles. The van der Waals surface area contributed by atoms with Crippen LogP contribution < -0.4 is 15.4 Å². The highest BCUT2D eigenvalue weighted by Crippen LogP contribution is 2.24. The van der Waals surface area contributed by atoms with E-state index in [1.165, 1.54) is 0 Å². The lowest BCUT2D eigenvalue weighted by atomic mass is 10.1. The Morgan fingerprint density at radius 2 is 1.95 bits per heavy atom. The van der Waals surface area contributed by atoms with Crippen molar-refractivity contribution < 1.29 is 9.53 Å². The van der Waals surface area contributed by atoms with Gasteiger partial charge in [-0.05, 0) is 24.9 Å². The summed E-state index contributed by atoms with van der Waals surface area (Å²) in [6, 6.07) is 14.1. The van der Waals surface area contributed by atoms with E-state index in [4.69, 9.17) is 4.74 Å². The predicted octanol–water partition coefficient (Wildman–Crippen LogP) is 2.33. The first kappa shape index (κ1) is 15.3. The molecule has 4 heteroatoms. The van der Waals surface area contributed by atoms with Crippen molar-refractivity contribution in [2.24, 2.45) is 0 Å². The molecule has 0 fully saturated rings. The maximum atomic E-state index is 11.8. The topological polar surface area (TPSA) is 50.4 Å². The summed E-state index contributed by atoms with van der Waals surface area (Å²) in [5, 5.41) is 8.23. The molecular weight excluding hydrogens is 264 g/mol. The molecule has 0 spiro atoms. The highest BCUT2D eigenvalue weighted by Gasteiger charge is 2.07. The largest absolute Gasteiger partial charge is 0.483 e. The molecule has 4 nitrogen and oxygen atoms in total. The summed E-state index contributed by atoms with van der Waals surface area (Å²) in [5.41, 5.74) is 0. The molecule has 0 radical (unpaired) electrons. The molecule has 2 rings (SSSR count). The third kappa shape index (κ3) is 4.46. The van der Waals surface area contributed by atoms with Crippen LogP contribution in [0.3, 0.4) is 0 Å². The van der Waals surface area contributed by atoms with E-state index >= 15 is 0 Å². The van der Waals surface area contributed by atoms with Crippen LogP contribution in [-0.2, 0) is 4.79 Å². The number of ether oxygens (including phenoxy) is 1. The van der Waals surface area contributed by atoms with Crippen LogP contribution in [0.5, 0.6) is 5.75 Å². The number of hydrogen-bond acceptors (Lipinski definition) is 3. The van der Waals surface area contributed by atoms with Crippen molar-refractivity contribution in [3.8, 4) is 5.75 Å². The summed E-state index contributed by atoms with van der Waals surface area (Å²) in [6.07, 6.45) is 0. The van der Waals surface area contributed by atoms with Crippen molar-refractivity contribution in [1.29, 1.82) is 0 Å². The van der Waals surface area contributed by atoms with Crippen LogP contribution in [0.25, 0.3) is 10.8 Å². The van der Waals surface area contributed by atoms with Gasteiger partial charge in [0.25, 0.3) is 5.91 Å². The minimum atomic E-state index is -0.104. The molecule has 112 valence electrons. The maximum absolute atomic E-state index is 11.8. The van der Waals surface area contributed by atoms with E-state index in [1.54, 1.807) is 0 Å². The second-order valence-electron chi connectivity index (χ2n) is 5.03. The lowest BCUT2D eigenvalue weighted by molar-refractivity contribution is -0.123. The summed E-state index contributed by atoms with van der Waals surface area (Å²) in [6.45, 7) is 5.61. The fraction of sp³-hybridized carbons (Fsp3) is 0.353. The summed E-state index contributed by atoms with van der Waals surface area (Å²) < 4.78 is 5.64. The molecule has 0 saturated heterocycles. The highest BCUT2D eigenvalue weighted by molar-refractivity contribution is 5.88. The van der Waals surface area contributed by atoms with Gasteiger partial charge in [-0.1, -0.05) is 43.3 Å². The van der Waals surface area contributed by atoms with Crippen LogP contribution in [0.15, 0.2) is 42.5 Å². The number of benzene rings is 2. The Hall–Kier alpha value is -2.07. The molecule has 0 aliphatic rings. The molecule has 2 aromatic rings. The van der Waals surface area contributed by atoms with Crippen molar-refractivity contribution in [2.75, 3.05) is 19.7 Å². The van der Waals surface area contributed by atoms with Gasteiger partial charge in [0.2, 0.25) is 0 Å². The zero-order valence-corrected chi connectivity index (χ0v) is 12.6. The van der Waals surface area contributed by atoms with Crippen molar-refractivity contribution in [1.82, 2.24) is 10.6 Å². The number of fused-ring (bicyclic) bond motifs is 1. The van der Waals surface area contributed by atoms with Crippen LogP contribution in [0.2, 0.25) is 0 Å². The predicted molar refractivity (Wildman–Crippen MR) is 85.6 cm³/mol. The fourth-order valence-electron chi connectivity index (χ4n) is 2.20. The van der Waals surface area contributed by atoms with E-state index in [0.717, 1.165) is 23.1 Å². The number of amides is 1. The van der Waals surface area contributed by atoms with Crippen molar-refractivity contribution >= 4 is 16.7 Å². The molecule has 1 amide bonds. The smallest absolute Gasteiger partial charge is 0.257 e. The Labute approximate surface area is 125 Å². The van der Waals surface area contributed by atoms with Gasteiger partial charge in [-0.2, -0.15) is 0 Å². The minimum absolute atomic E-state index is 0.0346. The molecule has 21 heavy (non-hydrogen) atoms. The highest BCUT2D eigenvalue weighted by atomic mass is 16.5. The SMILES string of the molecule is CCN[C@H](C)CNC(=O)COc1cccc2ccccc12. The van der Waals surface area contributed by atoms with Crippen LogP contribution in [0, 0.1) is 0 Å². The fourth-order valence-corrected chi connectivity index (χ4v) is 2.20. The molecule has 0 saturated carbocycles. The zero-order valence-electron chi connectivity index (χ0n) is 12.6. The van der Waals surface area contributed by atoms with E-state index in [-0.39, 0.29) is 18.6 Å². The Kier molecular flexibility index (Phi) is 5.58. The maximum Gasteiger partial charge on any atom is 0.257 e. The average molecular weight is 286 g/mol. The van der Waals surface area contributed by atoms with Gasteiger partial charge in [0.05, 0.1) is 0 Å². The van der Waals surface area contributed by atoms with Gasteiger partial charge < -0.3 is 15.4 Å². The van der Waals surface area contributed by atoms with Crippen LogP contribution in [-0.4, -0.2) is 31.6 Å². The summed E-state index contributed by atoms with van der Waals surface area (Å²) in [7, 11) is 0. The molecule has 0 bridgehead atoms. The van der Waals surface area contributed by atoms with E-state index in [9.17, 15) is 4.79 Å². The van der Waals surface area contributed by atoms with E-state index in [1.807, 2.05) is 56.3 Å². The van der Waals surface area contributed by atoms with Gasteiger partial charge in [0.1, 0.15) is 5.75 Å². The molecule has 0 aromatic heterocycles. The van der Waals surface area contributed by atoms with Crippen LogP contribution >= 0.6 is 0 Å².